The van der Waals surface area contributed by atoms with E-state index in [-0.39, 0.29) is 17.4 Å². The number of terminal acetylenes is 1. The summed E-state index contributed by atoms with van der Waals surface area (Å²) < 4.78 is 21.3. The molecule has 0 saturated carbocycles. The van der Waals surface area contributed by atoms with Crippen molar-refractivity contribution in [3.05, 3.63) is 46.5 Å². The molecule has 1 aliphatic rings. The molecule has 1 saturated heterocycles. The second-order valence-corrected chi connectivity index (χ2v) is 9.32. The number of aliphatic hydroxyl groups excluding tert-OH is 1. The molecule has 0 radical (unpaired) electrons. The largest absolute Gasteiger partial charge is 0.495 e. The van der Waals surface area contributed by atoms with E-state index in [2.05, 4.69) is 0 Å². The Morgan fingerprint density at radius 3 is 2.58 bits per heavy atom. The first kappa shape index (κ1) is 29.4. The van der Waals surface area contributed by atoms with Gasteiger partial charge in [0.05, 0.1) is 31.9 Å². The van der Waals surface area contributed by atoms with Crippen molar-refractivity contribution in [2.24, 2.45) is 0 Å². The molecule has 0 spiro atoms. The summed E-state index contributed by atoms with van der Waals surface area (Å²) >= 11 is 6.55. The highest BCUT2D eigenvalue weighted by atomic mass is 35.5. The molecule has 1 fully saturated rings. The van der Waals surface area contributed by atoms with Crippen LogP contribution in [0.4, 0.5) is 5.69 Å². The number of hydrogen-bond donors (Lipinski definition) is 1. The number of methoxy groups -OCH3 is 2. The summed E-state index contributed by atoms with van der Waals surface area (Å²) in [6.07, 6.45) is 9.24. The van der Waals surface area contributed by atoms with Crippen LogP contribution in [0.3, 0.4) is 0 Å². The zero-order chi connectivity index (χ0) is 27.0. The number of hydrogen-bond acceptors (Lipinski definition) is 7. The van der Waals surface area contributed by atoms with Crippen molar-refractivity contribution in [1.82, 2.24) is 0 Å². The maximum absolute atomic E-state index is 13.1. The molecule has 1 amide bonds. The molecule has 1 aromatic carbocycles. The molecule has 0 bridgehead atoms. The lowest BCUT2D eigenvalue weighted by Gasteiger charge is -2.25. The molecule has 4 unspecified atom stereocenters. The number of esters is 1. The fourth-order valence-corrected chi connectivity index (χ4v) is 3.87. The second kappa shape index (κ2) is 12.9. The predicted octanol–water partition coefficient (Wildman–Crippen LogP) is 3.48. The first-order valence-corrected chi connectivity index (χ1v) is 11.8. The van der Waals surface area contributed by atoms with Gasteiger partial charge in [-0.1, -0.05) is 35.4 Å². The molecule has 196 valence electrons. The van der Waals surface area contributed by atoms with Crippen LogP contribution in [-0.4, -0.2) is 68.8 Å². The van der Waals surface area contributed by atoms with Gasteiger partial charge in [-0.3, -0.25) is 4.79 Å². The normalized spacial score (nSPS) is 19.8. The number of carbonyl (C=O) groups is 2. The van der Waals surface area contributed by atoms with Gasteiger partial charge in [0, 0.05) is 20.1 Å². The minimum absolute atomic E-state index is 0.128. The number of amides is 1. The molecule has 0 aromatic heterocycles. The average Bonchev–Trinajstić information content (AvgIpc) is 3.59. The van der Waals surface area contributed by atoms with Gasteiger partial charge in [-0.25, -0.2) is 4.79 Å². The number of ether oxygens (including phenoxy) is 4. The molecule has 1 aromatic rings. The molecule has 1 N–H and O–H groups in total. The summed E-state index contributed by atoms with van der Waals surface area (Å²) in [4.78, 5) is 26.2. The summed E-state index contributed by atoms with van der Waals surface area (Å²) in [5.74, 6) is 1.14. The minimum Gasteiger partial charge on any atom is -0.495 e. The molecule has 0 aliphatic carbocycles. The standard InChI is InChI=1S/C27H34ClNO7/c1-8-25(32)36-23(27(4)16-35-27)15-24(31)29(5)20-13-19(14-22(34-7)26(20)28)12-17(2)10-9-11-21(33-6)18(3)30/h1,9-11,13-14,18,21,23,30H,12,15-16H2,2-7H3. The van der Waals surface area contributed by atoms with Crippen LogP contribution in [0.15, 0.2) is 35.9 Å². The summed E-state index contributed by atoms with van der Waals surface area (Å²) in [6.45, 7) is 5.74. The number of aliphatic hydroxyl groups is 1. The summed E-state index contributed by atoms with van der Waals surface area (Å²) in [6, 6.07) is 3.63. The Morgan fingerprint density at radius 2 is 2.06 bits per heavy atom. The van der Waals surface area contributed by atoms with E-state index in [0.717, 1.165) is 11.1 Å². The van der Waals surface area contributed by atoms with Crippen molar-refractivity contribution in [3.8, 4) is 18.1 Å². The lowest BCUT2D eigenvalue weighted by molar-refractivity contribution is -0.146. The summed E-state index contributed by atoms with van der Waals surface area (Å²) in [5, 5.41) is 9.97. The number of halogens is 1. The third kappa shape index (κ3) is 7.84. The summed E-state index contributed by atoms with van der Waals surface area (Å²) in [5.41, 5.74) is 1.60. The Morgan fingerprint density at radius 1 is 1.39 bits per heavy atom. The highest BCUT2D eigenvalue weighted by molar-refractivity contribution is 6.35. The molecule has 1 aliphatic heterocycles. The molecule has 8 nitrogen and oxygen atoms in total. The van der Waals surface area contributed by atoms with E-state index < -0.39 is 29.9 Å². The highest BCUT2D eigenvalue weighted by Crippen LogP contribution is 2.38. The maximum atomic E-state index is 13.1. The van der Waals surface area contributed by atoms with Gasteiger partial charge >= 0.3 is 5.97 Å². The highest BCUT2D eigenvalue weighted by Gasteiger charge is 2.50. The van der Waals surface area contributed by atoms with E-state index in [9.17, 15) is 14.7 Å². The van der Waals surface area contributed by atoms with Gasteiger partial charge in [0.1, 0.15) is 28.6 Å². The first-order chi connectivity index (χ1) is 16.9. The Balaban J connectivity index is 2.24. The van der Waals surface area contributed by atoms with Gasteiger partial charge in [-0.05, 0) is 44.9 Å². The Labute approximate surface area is 217 Å². The molecule has 36 heavy (non-hydrogen) atoms. The van der Waals surface area contributed by atoms with Crippen LogP contribution in [0.1, 0.15) is 32.8 Å². The van der Waals surface area contributed by atoms with Gasteiger partial charge in [-0.2, -0.15) is 0 Å². The molecule has 4 atom stereocenters. The zero-order valence-electron chi connectivity index (χ0n) is 21.5. The van der Waals surface area contributed by atoms with Gasteiger partial charge in [0.15, 0.2) is 0 Å². The third-order valence-corrected chi connectivity index (χ3v) is 6.34. The van der Waals surface area contributed by atoms with Crippen LogP contribution >= 0.6 is 11.6 Å². The van der Waals surface area contributed by atoms with Crippen molar-refractivity contribution in [2.45, 2.75) is 57.5 Å². The van der Waals surface area contributed by atoms with E-state index in [1.807, 2.05) is 37.1 Å². The zero-order valence-corrected chi connectivity index (χ0v) is 22.3. The van der Waals surface area contributed by atoms with Crippen molar-refractivity contribution in [1.29, 1.82) is 0 Å². The number of epoxide rings is 1. The van der Waals surface area contributed by atoms with Gasteiger partial charge in [-0.15, -0.1) is 6.42 Å². The van der Waals surface area contributed by atoms with Crippen LogP contribution in [-0.2, 0) is 30.2 Å². The molecule has 2 rings (SSSR count). The quantitative estimate of drug-likeness (QED) is 0.148. The fraction of sp³-hybridized carbons (Fsp3) is 0.481. The van der Waals surface area contributed by atoms with Crippen molar-refractivity contribution in [2.75, 3.05) is 32.8 Å². The lowest BCUT2D eigenvalue weighted by Crippen LogP contribution is -2.38. The van der Waals surface area contributed by atoms with Crippen LogP contribution in [0.2, 0.25) is 5.02 Å². The number of carbonyl (C=O) groups excluding carboxylic acids is 2. The Hall–Kier alpha value is -2.83. The average molecular weight is 520 g/mol. The molecular weight excluding hydrogens is 486 g/mol. The van der Waals surface area contributed by atoms with Crippen LogP contribution in [0.5, 0.6) is 5.75 Å². The van der Waals surface area contributed by atoms with Crippen molar-refractivity contribution in [3.63, 3.8) is 0 Å². The van der Waals surface area contributed by atoms with Crippen molar-refractivity contribution < 1.29 is 33.6 Å². The van der Waals surface area contributed by atoms with E-state index in [0.29, 0.717) is 24.5 Å². The number of allylic oxidation sites excluding steroid dienone is 3. The van der Waals surface area contributed by atoms with E-state index >= 15 is 0 Å². The molecule has 9 heteroatoms. The lowest BCUT2D eigenvalue weighted by atomic mass is 10.0. The van der Waals surface area contributed by atoms with Crippen LogP contribution < -0.4 is 9.64 Å². The number of benzene rings is 1. The van der Waals surface area contributed by atoms with Gasteiger partial charge < -0.3 is 29.0 Å². The fourth-order valence-electron chi connectivity index (χ4n) is 3.55. The third-order valence-electron chi connectivity index (χ3n) is 5.96. The molecular formula is C27H34ClNO7. The minimum atomic E-state index is -0.851. The monoisotopic (exact) mass is 519 g/mol. The predicted molar refractivity (Wildman–Crippen MR) is 138 cm³/mol. The van der Waals surface area contributed by atoms with Gasteiger partial charge in [0.25, 0.3) is 0 Å². The van der Waals surface area contributed by atoms with E-state index in [1.165, 1.54) is 19.1 Å². The topological polar surface area (TPSA) is 97.8 Å². The Kier molecular flexibility index (Phi) is 10.6. The van der Waals surface area contributed by atoms with E-state index in [4.69, 9.17) is 37.0 Å². The molecule has 1 heterocycles. The number of rotatable bonds is 12. The van der Waals surface area contributed by atoms with Crippen LogP contribution in [0, 0.1) is 12.3 Å². The Bertz CT molecular complexity index is 1050. The summed E-state index contributed by atoms with van der Waals surface area (Å²) in [7, 11) is 4.63. The SMILES string of the molecule is C#CC(=O)OC(CC(=O)N(C)c1cc(CC(C)=CC=CC(OC)C(C)O)cc(OC)c1Cl)C1(C)CO1. The maximum Gasteiger partial charge on any atom is 0.384 e. The van der Waals surface area contributed by atoms with E-state index in [1.54, 1.807) is 27.0 Å². The number of nitrogens with zero attached hydrogens (tertiary/aromatic N) is 1. The second-order valence-electron chi connectivity index (χ2n) is 8.94. The first-order valence-electron chi connectivity index (χ1n) is 11.4. The van der Waals surface area contributed by atoms with Gasteiger partial charge in [0.2, 0.25) is 5.91 Å². The number of anilines is 1. The smallest absolute Gasteiger partial charge is 0.384 e. The van der Waals surface area contributed by atoms with Crippen LogP contribution in [0.25, 0.3) is 0 Å². The van der Waals surface area contributed by atoms with Crippen molar-refractivity contribution >= 4 is 29.2 Å².